The summed E-state index contributed by atoms with van der Waals surface area (Å²) < 4.78 is 7.90. The molecule has 3 rings (SSSR count). The molecule has 0 atom stereocenters. The van der Waals surface area contributed by atoms with Crippen LogP contribution in [0.2, 0.25) is 5.02 Å². The van der Waals surface area contributed by atoms with Crippen molar-refractivity contribution in [2.75, 3.05) is 5.43 Å². The van der Waals surface area contributed by atoms with Gasteiger partial charge in [-0.15, -0.1) is 0 Å². The van der Waals surface area contributed by atoms with Crippen molar-refractivity contribution in [1.29, 1.82) is 0 Å². The van der Waals surface area contributed by atoms with Crippen molar-refractivity contribution >= 4 is 23.8 Å². The molecule has 2 N–H and O–H groups in total. The second kappa shape index (κ2) is 5.52. The van der Waals surface area contributed by atoms with Gasteiger partial charge in [-0.3, -0.25) is 5.10 Å². The maximum Gasteiger partial charge on any atom is 0.214 e. The van der Waals surface area contributed by atoms with Crippen molar-refractivity contribution in [1.82, 2.24) is 14.9 Å². The van der Waals surface area contributed by atoms with Crippen molar-refractivity contribution < 1.29 is 4.42 Å². The molecule has 102 valence electrons. The van der Waals surface area contributed by atoms with Crippen LogP contribution in [0.5, 0.6) is 0 Å². The SMILES string of the molecule is S=c1[nH]ncn1NCc1ccc(-c2ccc(Cl)cc2)o1. The van der Waals surface area contributed by atoms with E-state index in [0.29, 0.717) is 16.3 Å². The van der Waals surface area contributed by atoms with E-state index in [1.54, 1.807) is 11.0 Å². The largest absolute Gasteiger partial charge is 0.459 e. The van der Waals surface area contributed by atoms with Crippen molar-refractivity contribution in [3.05, 3.63) is 58.3 Å². The molecule has 5 nitrogen and oxygen atoms in total. The molecule has 2 aromatic heterocycles. The molecule has 0 amide bonds. The zero-order valence-corrected chi connectivity index (χ0v) is 11.9. The van der Waals surface area contributed by atoms with E-state index >= 15 is 0 Å². The quantitative estimate of drug-likeness (QED) is 0.723. The summed E-state index contributed by atoms with van der Waals surface area (Å²) in [5.41, 5.74) is 4.07. The van der Waals surface area contributed by atoms with Gasteiger partial charge in [0.15, 0.2) is 0 Å². The number of rotatable bonds is 4. The Labute approximate surface area is 125 Å². The number of aromatic amines is 1. The second-order valence-electron chi connectivity index (χ2n) is 4.14. The van der Waals surface area contributed by atoms with Crippen LogP contribution in [0, 0.1) is 4.77 Å². The topological polar surface area (TPSA) is 58.8 Å². The minimum atomic E-state index is 0.509. The monoisotopic (exact) mass is 306 g/mol. The Bertz CT molecular complexity index is 759. The number of H-pyrrole nitrogens is 1. The molecule has 0 saturated carbocycles. The Hall–Kier alpha value is -2.05. The first-order valence-corrected chi connectivity index (χ1v) is 6.71. The van der Waals surface area contributed by atoms with Gasteiger partial charge in [0.25, 0.3) is 0 Å². The average molecular weight is 307 g/mol. The van der Waals surface area contributed by atoms with E-state index in [2.05, 4.69) is 15.6 Å². The first kappa shape index (κ1) is 13.0. The van der Waals surface area contributed by atoms with E-state index in [0.717, 1.165) is 17.1 Å². The van der Waals surface area contributed by atoms with E-state index in [9.17, 15) is 0 Å². The lowest BCUT2D eigenvalue weighted by atomic mass is 10.2. The summed E-state index contributed by atoms with van der Waals surface area (Å²) in [6, 6.07) is 11.4. The number of halogens is 1. The number of hydrogen-bond donors (Lipinski definition) is 2. The zero-order valence-electron chi connectivity index (χ0n) is 10.3. The fourth-order valence-electron chi connectivity index (χ4n) is 1.77. The van der Waals surface area contributed by atoms with Crippen molar-refractivity contribution in [2.45, 2.75) is 6.54 Å². The third kappa shape index (κ3) is 2.76. The average Bonchev–Trinajstić information content (AvgIpc) is 3.06. The van der Waals surface area contributed by atoms with Crippen LogP contribution in [0.1, 0.15) is 5.76 Å². The first-order chi connectivity index (χ1) is 9.72. The lowest BCUT2D eigenvalue weighted by Crippen LogP contribution is -2.12. The van der Waals surface area contributed by atoms with Crippen molar-refractivity contribution in [3.8, 4) is 11.3 Å². The summed E-state index contributed by atoms with van der Waals surface area (Å²) in [5, 5.41) is 7.19. The van der Waals surface area contributed by atoms with Gasteiger partial charge in [0, 0.05) is 10.6 Å². The molecule has 0 aliphatic heterocycles. The Kier molecular flexibility index (Phi) is 3.58. The Morgan fingerprint density at radius 2 is 2.05 bits per heavy atom. The van der Waals surface area contributed by atoms with Crippen LogP contribution in [-0.4, -0.2) is 14.9 Å². The van der Waals surface area contributed by atoms with Gasteiger partial charge in [0.05, 0.1) is 6.54 Å². The molecule has 20 heavy (non-hydrogen) atoms. The molecule has 0 bridgehead atoms. The molecule has 0 radical (unpaired) electrons. The third-order valence-electron chi connectivity index (χ3n) is 2.77. The maximum atomic E-state index is 5.86. The van der Waals surface area contributed by atoms with Gasteiger partial charge in [-0.05, 0) is 48.6 Å². The summed E-state index contributed by atoms with van der Waals surface area (Å²) in [6.07, 6.45) is 1.57. The standard InChI is InChI=1S/C13H11ClN4OS/c14-10-3-1-9(2-4-10)12-6-5-11(19-12)7-16-18-8-15-17-13(18)20/h1-6,8,16H,7H2,(H,17,20). The Morgan fingerprint density at radius 1 is 1.25 bits per heavy atom. The van der Waals surface area contributed by atoms with Crippen LogP contribution in [0.25, 0.3) is 11.3 Å². The molecule has 7 heteroatoms. The Balaban J connectivity index is 1.72. The second-order valence-corrected chi connectivity index (χ2v) is 4.96. The van der Waals surface area contributed by atoms with Gasteiger partial charge in [-0.2, -0.15) is 5.10 Å². The summed E-state index contributed by atoms with van der Waals surface area (Å²) in [5.74, 6) is 1.60. The van der Waals surface area contributed by atoms with Gasteiger partial charge in [-0.25, -0.2) is 4.68 Å². The molecule has 0 spiro atoms. The Morgan fingerprint density at radius 3 is 2.75 bits per heavy atom. The van der Waals surface area contributed by atoms with E-state index in [4.69, 9.17) is 28.2 Å². The van der Waals surface area contributed by atoms with Crippen LogP contribution in [-0.2, 0) is 6.54 Å². The number of benzene rings is 1. The van der Waals surface area contributed by atoms with Gasteiger partial charge in [-0.1, -0.05) is 11.6 Å². The van der Waals surface area contributed by atoms with E-state index < -0.39 is 0 Å². The highest BCUT2D eigenvalue weighted by Crippen LogP contribution is 2.23. The summed E-state index contributed by atoms with van der Waals surface area (Å²) in [6.45, 7) is 0.515. The maximum absolute atomic E-state index is 5.86. The highest BCUT2D eigenvalue weighted by molar-refractivity contribution is 7.71. The summed E-state index contributed by atoms with van der Waals surface area (Å²) in [4.78, 5) is 0. The van der Waals surface area contributed by atoms with Crippen LogP contribution < -0.4 is 5.43 Å². The fraction of sp³-hybridized carbons (Fsp3) is 0.0769. The zero-order chi connectivity index (χ0) is 13.9. The fourth-order valence-corrected chi connectivity index (χ4v) is 2.06. The van der Waals surface area contributed by atoms with Gasteiger partial charge >= 0.3 is 0 Å². The van der Waals surface area contributed by atoms with E-state index in [-0.39, 0.29) is 0 Å². The van der Waals surface area contributed by atoms with E-state index in [1.165, 1.54) is 0 Å². The molecule has 1 aromatic carbocycles. The number of hydrogen-bond acceptors (Lipinski definition) is 4. The number of aromatic nitrogens is 3. The lowest BCUT2D eigenvalue weighted by Gasteiger charge is -2.03. The predicted octanol–water partition coefficient (Wildman–Crippen LogP) is 3.60. The molecule has 0 aliphatic carbocycles. The van der Waals surface area contributed by atoms with Gasteiger partial charge < -0.3 is 9.84 Å². The minimum Gasteiger partial charge on any atom is -0.459 e. The van der Waals surface area contributed by atoms with Gasteiger partial charge in [0.1, 0.15) is 17.8 Å². The normalized spacial score (nSPS) is 10.7. The lowest BCUT2D eigenvalue weighted by molar-refractivity contribution is 0.522. The molecule has 3 aromatic rings. The van der Waals surface area contributed by atoms with Crippen molar-refractivity contribution in [2.24, 2.45) is 0 Å². The van der Waals surface area contributed by atoms with Crippen LogP contribution in [0.15, 0.2) is 47.1 Å². The highest BCUT2D eigenvalue weighted by Gasteiger charge is 2.05. The summed E-state index contributed by atoms with van der Waals surface area (Å²) >= 11 is 10.9. The predicted molar refractivity (Wildman–Crippen MR) is 79.6 cm³/mol. The molecular formula is C13H11ClN4OS. The number of furan rings is 1. The number of nitrogens with one attached hydrogen (secondary N) is 2. The van der Waals surface area contributed by atoms with Crippen LogP contribution >= 0.6 is 23.8 Å². The summed E-state index contributed by atoms with van der Waals surface area (Å²) in [7, 11) is 0. The minimum absolute atomic E-state index is 0.509. The van der Waals surface area contributed by atoms with E-state index in [1.807, 2.05) is 36.4 Å². The third-order valence-corrected chi connectivity index (χ3v) is 3.31. The van der Waals surface area contributed by atoms with Gasteiger partial charge in [0.2, 0.25) is 4.77 Å². The first-order valence-electron chi connectivity index (χ1n) is 5.93. The highest BCUT2D eigenvalue weighted by atomic mass is 35.5. The van der Waals surface area contributed by atoms with Crippen LogP contribution in [0.4, 0.5) is 0 Å². The number of nitrogens with zero attached hydrogens (tertiary/aromatic N) is 2. The molecule has 0 unspecified atom stereocenters. The molecule has 0 saturated heterocycles. The van der Waals surface area contributed by atoms with Crippen molar-refractivity contribution in [3.63, 3.8) is 0 Å². The molecule has 2 heterocycles. The smallest absolute Gasteiger partial charge is 0.214 e. The van der Waals surface area contributed by atoms with Crippen LogP contribution in [0.3, 0.4) is 0 Å². The molecular weight excluding hydrogens is 296 g/mol. The molecule has 0 fully saturated rings. The molecule has 0 aliphatic rings.